The second-order valence-electron chi connectivity index (χ2n) is 4.61. The Labute approximate surface area is 116 Å². The van der Waals surface area contributed by atoms with Gasteiger partial charge in [-0.3, -0.25) is 4.79 Å². The summed E-state index contributed by atoms with van der Waals surface area (Å²) in [6, 6.07) is 4.83. The van der Waals surface area contributed by atoms with E-state index in [1.54, 1.807) is 18.2 Å². The molecule has 0 radical (unpaired) electrons. The number of nitrogens with zero attached hydrogens (tertiary/aromatic N) is 1. The van der Waals surface area contributed by atoms with Crippen LogP contribution >= 0.6 is 11.6 Å². The van der Waals surface area contributed by atoms with Crippen molar-refractivity contribution in [2.45, 2.75) is 6.42 Å². The van der Waals surface area contributed by atoms with E-state index in [2.05, 4.69) is 0 Å². The molecule has 0 aliphatic carbocycles. The molecular formula is C11H14ClN3O3S. The molecule has 1 aromatic carbocycles. The van der Waals surface area contributed by atoms with Crippen molar-refractivity contribution < 1.29 is 13.2 Å². The number of amides is 1. The number of hydrogen-bond donors (Lipinski definition) is 2. The van der Waals surface area contributed by atoms with Gasteiger partial charge in [0.2, 0.25) is 15.9 Å². The predicted octanol–water partition coefficient (Wildman–Crippen LogP) is 0.564. The van der Waals surface area contributed by atoms with E-state index >= 15 is 0 Å². The van der Waals surface area contributed by atoms with Crippen LogP contribution in [0.4, 0.5) is 11.4 Å². The largest absolute Gasteiger partial charge is 0.397 e. The molecule has 1 heterocycles. The summed E-state index contributed by atoms with van der Waals surface area (Å²) >= 11 is 5.80. The van der Waals surface area contributed by atoms with Crippen molar-refractivity contribution in [3.05, 3.63) is 23.2 Å². The predicted molar refractivity (Wildman–Crippen MR) is 74.3 cm³/mol. The summed E-state index contributed by atoms with van der Waals surface area (Å²) in [5, 5.41) is 5.48. The quantitative estimate of drug-likeness (QED) is 0.796. The molecule has 4 N–H and O–H groups in total. The third-order valence-electron chi connectivity index (χ3n) is 2.95. The first-order chi connectivity index (χ1) is 8.76. The third kappa shape index (κ3) is 3.37. The maximum absolute atomic E-state index is 11.9. The van der Waals surface area contributed by atoms with Gasteiger partial charge < -0.3 is 10.6 Å². The average Bonchev–Trinajstić information content (AvgIpc) is 2.56. The van der Waals surface area contributed by atoms with Crippen LogP contribution in [-0.2, 0) is 14.8 Å². The van der Waals surface area contributed by atoms with Crippen molar-refractivity contribution in [2.24, 2.45) is 11.1 Å². The molecule has 0 saturated carbocycles. The Morgan fingerprint density at radius 3 is 2.68 bits per heavy atom. The van der Waals surface area contributed by atoms with Crippen LogP contribution in [0.25, 0.3) is 0 Å². The van der Waals surface area contributed by atoms with Gasteiger partial charge in [0, 0.05) is 23.9 Å². The van der Waals surface area contributed by atoms with Gasteiger partial charge in [-0.2, -0.15) is 0 Å². The summed E-state index contributed by atoms with van der Waals surface area (Å²) in [7, 11) is -3.58. The molecule has 6 nitrogen and oxygen atoms in total. The molecule has 1 unspecified atom stereocenters. The lowest BCUT2D eigenvalue weighted by Gasteiger charge is -2.18. The monoisotopic (exact) mass is 303 g/mol. The Bertz CT molecular complexity index is 618. The lowest BCUT2D eigenvalue weighted by molar-refractivity contribution is -0.117. The Hall–Kier alpha value is -1.31. The highest BCUT2D eigenvalue weighted by Crippen LogP contribution is 2.31. The summed E-state index contributed by atoms with van der Waals surface area (Å²) in [4.78, 5) is 13.4. The van der Waals surface area contributed by atoms with Crippen LogP contribution in [0.2, 0.25) is 5.02 Å². The van der Waals surface area contributed by atoms with Gasteiger partial charge in [0.05, 0.1) is 17.1 Å². The second kappa shape index (κ2) is 4.99. The van der Waals surface area contributed by atoms with Crippen LogP contribution in [0.3, 0.4) is 0 Å². The molecule has 2 rings (SSSR count). The molecule has 1 aliphatic rings. The number of anilines is 2. The van der Waals surface area contributed by atoms with Crippen molar-refractivity contribution in [3.63, 3.8) is 0 Å². The van der Waals surface area contributed by atoms with E-state index in [9.17, 15) is 13.2 Å². The van der Waals surface area contributed by atoms with Crippen molar-refractivity contribution in [1.29, 1.82) is 0 Å². The van der Waals surface area contributed by atoms with E-state index in [0.29, 0.717) is 22.9 Å². The lowest BCUT2D eigenvalue weighted by Crippen LogP contribution is -2.28. The third-order valence-corrected chi connectivity index (χ3v) is 4.12. The zero-order valence-electron chi connectivity index (χ0n) is 10.0. The standard InChI is InChI=1S/C11H14ClN3O3S/c12-8-1-2-10(9(13)4-8)15-5-7(3-11(15)16)6-19(14,17)18/h1-2,4,7H,3,5-6,13H2,(H2,14,17,18). The number of hydrogen-bond acceptors (Lipinski definition) is 4. The normalized spacial score (nSPS) is 20.0. The minimum Gasteiger partial charge on any atom is -0.397 e. The number of nitrogens with two attached hydrogens (primary N) is 2. The Morgan fingerprint density at radius 1 is 1.42 bits per heavy atom. The highest BCUT2D eigenvalue weighted by atomic mass is 35.5. The number of rotatable bonds is 3. The number of sulfonamides is 1. The van der Waals surface area contributed by atoms with E-state index in [1.165, 1.54) is 4.90 Å². The highest BCUT2D eigenvalue weighted by molar-refractivity contribution is 7.89. The summed E-state index contributed by atoms with van der Waals surface area (Å²) in [5.41, 5.74) is 6.75. The smallest absolute Gasteiger partial charge is 0.227 e. The van der Waals surface area contributed by atoms with Gasteiger partial charge in [-0.1, -0.05) is 11.6 Å². The van der Waals surface area contributed by atoms with Gasteiger partial charge in [0.1, 0.15) is 0 Å². The molecule has 1 atom stereocenters. The summed E-state index contributed by atoms with van der Waals surface area (Å²) in [5.74, 6) is -0.678. The first-order valence-electron chi connectivity index (χ1n) is 5.62. The highest BCUT2D eigenvalue weighted by Gasteiger charge is 2.33. The first-order valence-corrected chi connectivity index (χ1v) is 7.71. The number of carbonyl (C=O) groups is 1. The van der Waals surface area contributed by atoms with Crippen LogP contribution in [0.5, 0.6) is 0 Å². The van der Waals surface area contributed by atoms with Crippen LogP contribution in [-0.4, -0.2) is 26.6 Å². The Balaban J connectivity index is 2.20. The minimum atomic E-state index is -3.58. The molecule has 104 valence electrons. The molecular weight excluding hydrogens is 290 g/mol. The summed E-state index contributed by atoms with van der Waals surface area (Å²) < 4.78 is 22.1. The number of halogens is 1. The fourth-order valence-corrected chi connectivity index (χ4v) is 3.29. The van der Waals surface area contributed by atoms with E-state index < -0.39 is 10.0 Å². The summed E-state index contributed by atoms with van der Waals surface area (Å²) in [6.45, 7) is 0.293. The van der Waals surface area contributed by atoms with E-state index in [-0.39, 0.29) is 24.0 Å². The topological polar surface area (TPSA) is 106 Å². The molecule has 0 aromatic heterocycles. The number of primary sulfonamides is 1. The van der Waals surface area contributed by atoms with Gasteiger partial charge in [-0.25, -0.2) is 13.6 Å². The zero-order valence-corrected chi connectivity index (χ0v) is 11.6. The van der Waals surface area contributed by atoms with Crippen LogP contribution < -0.4 is 15.8 Å². The van der Waals surface area contributed by atoms with Gasteiger partial charge in [-0.15, -0.1) is 0 Å². The van der Waals surface area contributed by atoms with E-state index in [4.69, 9.17) is 22.5 Å². The molecule has 1 amide bonds. The Kier molecular flexibility index (Phi) is 3.71. The fraction of sp³-hybridized carbons (Fsp3) is 0.364. The van der Waals surface area contributed by atoms with Gasteiger partial charge in [-0.05, 0) is 18.2 Å². The van der Waals surface area contributed by atoms with Gasteiger partial charge in [0.25, 0.3) is 0 Å². The molecule has 8 heteroatoms. The lowest BCUT2D eigenvalue weighted by atomic mass is 10.1. The molecule has 1 aliphatic heterocycles. The average molecular weight is 304 g/mol. The Morgan fingerprint density at radius 2 is 2.11 bits per heavy atom. The van der Waals surface area contributed by atoms with Crippen LogP contribution in [0.1, 0.15) is 6.42 Å². The molecule has 1 saturated heterocycles. The summed E-state index contributed by atoms with van der Waals surface area (Å²) in [6.07, 6.45) is 0.151. The number of nitrogen functional groups attached to an aromatic ring is 1. The van der Waals surface area contributed by atoms with Crippen molar-refractivity contribution in [2.75, 3.05) is 22.9 Å². The fourth-order valence-electron chi connectivity index (χ4n) is 2.23. The molecule has 1 fully saturated rings. The molecule has 1 aromatic rings. The first kappa shape index (κ1) is 14.1. The molecule has 19 heavy (non-hydrogen) atoms. The number of benzene rings is 1. The van der Waals surface area contributed by atoms with Crippen molar-refractivity contribution in [3.8, 4) is 0 Å². The van der Waals surface area contributed by atoms with Crippen LogP contribution in [0.15, 0.2) is 18.2 Å². The van der Waals surface area contributed by atoms with Crippen molar-refractivity contribution in [1.82, 2.24) is 0 Å². The SMILES string of the molecule is Nc1cc(Cl)ccc1N1CC(CS(N)(=O)=O)CC1=O. The maximum atomic E-state index is 11.9. The maximum Gasteiger partial charge on any atom is 0.227 e. The molecule has 0 spiro atoms. The second-order valence-corrected chi connectivity index (χ2v) is 6.70. The van der Waals surface area contributed by atoms with Gasteiger partial charge in [0.15, 0.2) is 0 Å². The van der Waals surface area contributed by atoms with Crippen molar-refractivity contribution >= 4 is 38.9 Å². The van der Waals surface area contributed by atoms with Crippen LogP contribution in [0, 0.1) is 5.92 Å². The van der Waals surface area contributed by atoms with E-state index in [0.717, 1.165) is 0 Å². The van der Waals surface area contributed by atoms with Gasteiger partial charge >= 0.3 is 0 Å². The number of carbonyl (C=O) groups excluding carboxylic acids is 1. The van der Waals surface area contributed by atoms with E-state index in [1.807, 2.05) is 0 Å². The zero-order chi connectivity index (χ0) is 14.2. The minimum absolute atomic E-state index is 0.151. The molecule has 0 bridgehead atoms.